The molecule has 3 rings (SSSR count). The molecule has 130 valence electrons. The van der Waals surface area contributed by atoms with Crippen LogP contribution >= 0.6 is 11.8 Å². The molecular weight excluding hydrogens is 338 g/mol. The molecule has 0 saturated carbocycles. The summed E-state index contributed by atoms with van der Waals surface area (Å²) in [5, 5.41) is 11.0. The third-order valence-electron chi connectivity index (χ3n) is 3.80. The van der Waals surface area contributed by atoms with Gasteiger partial charge in [0, 0.05) is 5.69 Å². The zero-order valence-corrected chi connectivity index (χ0v) is 15.1. The van der Waals surface area contributed by atoms with Crippen LogP contribution in [0.3, 0.4) is 0 Å². The van der Waals surface area contributed by atoms with Crippen LogP contribution in [0.4, 0.5) is 5.69 Å². The Balaban J connectivity index is 1.66. The van der Waals surface area contributed by atoms with Gasteiger partial charge in [-0.15, -0.1) is 10.2 Å². The van der Waals surface area contributed by atoms with Crippen molar-refractivity contribution in [1.29, 1.82) is 0 Å². The Morgan fingerprint density at radius 2 is 2.08 bits per heavy atom. The maximum atomic E-state index is 12.4. The van der Waals surface area contributed by atoms with Crippen molar-refractivity contribution in [2.75, 3.05) is 5.32 Å². The summed E-state index contributed by atoms with van der Waals surface area (Å²) in [6, 6.07) is 9.55. The molecule has 6 nitrogen and oxygen atoms in total. The molecule has 0 aliphatic carbocycles. The number of benzene rings is 1. The summed E-state index contributed by atoms with van der Waals surface area (Å²) in [6.07, 6.45) is 2.43. The van der Waals surface area contributed by atoms with Gasteiger partial charge in [-0.2, -0.15) is 0 Å². The Kier molecular flexibility index (Phi) is 5.23. The van der Waals surface area contributed by atoms with E-state index in [1.807, 2.05) is 38.1 Å². The molecule has 0 saturated heterocycles. The lowest BCUT2D eigenvalue weighted by Crippen LogP contribution is -2.23. The fourth-order valence-corrected chi connectivity index (χ4v) is 3.05. The molecule has 1 amide bonds. The predicted molar refractivity (Wildman–Crippen MR) is 96.5 cm³/mol. The van der Waals surface area contributed by atoms with Crippen molar-refractivity contribution < 1.29 is 13.6 Å². The van der Waals surface area contributed by atoms with Crippen LogP contribution in [0.2, 0.25) is 0 Å². The molecule has 2 aromatic heterocycles. The number of carbonyl (C=O) groups is 1. The summed E-state index contributed by atoms with van der Waals surface area (Å²) >= 11 is 1.23. The van der Waals surface area contributed by atoms with Crippen LogP contribution in [0, 0.1) is 6.92 Å². The highest BCUT2D eigenvalue weighted by Gasteiger charge is 2.20. The maximum absolute atomic E-state index is 12.4. The highest BCUT2D eigenvalue weighted by molar-refractivity contribution is 8.00. The number of aryl methyl sites for hydroxylation is 2. The van der Waals surface area contributed by atoms with Crippen molar-refractivity contribution in [2.24, 2.45) is 0 Å². The molecule has 7 heteroatoms. The lowest BCUT2D eigenvalue weighted by Gasteiger charge is -2.12. The summed E-state index contributed by atoms with van der Waals surface area (Å²) in [4.78, 5) is 12.4. The van der Waals surface area contributed by atoms with Crippen LogP contribution in [-0.2, 0) is 11.2 Å². The number of carbonyl (C=O) groups excluding carboxylic acids is 1. The second-order valence-corrected chi connectivity index (χ2v) is 6.82. The minimum absolute atomic E-state index is 0.106. The van der Waals surface area contributed by atoms with Crippen molar-refractivity contribution in [1.82, 2.24) is 10.2 Å². The molecule has 0 fully saturated rings. The first-order chi connectivity index (χ1) is 12.1. The van der Waals surface area contributed by atoms with E-state index in [1.165, 1.54) is 11.8 Å². The Bertz CT molecular complexity index is 872. The molecule has 3 aromatic rings. The van der Waals surface area contributed by atoms with Gasteiger partial charge >= 0.3 is 0 Å². The van der Waals surface area contributed by atoms with Crippen molar-refractivity contribution in [3.8, 4) is 11.5 Å². The zero-order valence-electron chi connectivity index (χ0n) is 14.3. The van der Waals surface area contributed by atoms with Crippen LogP contribution < -0.4 is 5.32 Å². The number of nitrogens with zero attached hydrogens (tertiary/aromatic N) is 2. The first-order valence-electron chi connectivity index (χ1n) is 8.02. The largest absolute Gasteiger partial charge is 0.469 e. The van der Waals surface area contributed by atoms with Crippen molar-refractivity contribution >= 4 is 23.4 Å². The van der Waals surface area contributed by atoms with Gasteiger partial charge in [0.25, 0.3) is 11.1 Å². The number of hydrogen-bond donors (Lipinski definition) is 1. The van der Waals surface area contributed by atoms with E-state index in [0.29, 0.717) is 16.9 Å². The average Bonchev–Trinajstić information content (AvgIpc) is 3.23. The second kappa shape index (κ2) is 7.57. The molecule has 25 heavy (non-hydrogen) atoms. The molecule has 1 aromatic carbocycles. The lowest BCUT2D eigenvalue weighted by atomic mass is 10.1. The van der Waals surface area contributed by atoms with Gasteiger partial charge in [0.05, 0.1) is 17.1 Å². The lowest BCUT2D eigenvalue weighted by molar-refractivity contribution is -0.115. The smallest absolute Gasteiger partial charge is 0.277 e. The standard InChI is InChI=1S/C18H19N3O3S/c1-4-13-7-5-6-8-15(13)19-16(22)12(3)25-18-21-20-17(24-18)14-9-10-23-11(14)2/h5-10,12H,4H2,1-3H3,(H,19,22)/t12-/m1/s1. The second-order valence-electron chi connectivity index (χ2n) is 5.52. The zero-order chi connectivity index (χ0) is 17.8. The Hall–Kier alpha value is -2.54. The van der Waals surface area contributed by atoms with Crippen LogP contribution in [-0.4, -0.2) is 21.4 Å². The van der Waals surface area contributed by atoms with Gasteiger partial charge in [-0.25, -0.2) is 0 Å². The summed E-state index contributed by atoms with van der Waals surface area (Å²) in [7, 11) is 0. The summed E-state index contributed by atoms with van der Waals surface area (Å²) < 4.78 is 10.9. The Labute approximate surface area is 150 Å². The number of aromatic nitrogens is 2. The first kappa shape index (κ1) is 17.3. The van der Waals surface area contributed by atoms with Gasteiger partial charge in [-0.05, 0) is 38.0 Å². The molecular formula is C18H19N3O3S. The molecule has 0 bridgehead atoms. The fraction of sp³-hybridized carbons (Fsp3) is 0.278. The van der Waals surface area contributed by atoms with Crippen molar-refractivity contribution in [2.45, 2.75) is 37.7 Å². The first-order valence-corrected chi connectivity index (χ1v) is 8.89. The minimum atomic E-state index is -0.372. The monoisotopic (exact) mass is 357 g/mol. The van der Waals surface area contributed by atoms with E-state index in [-0.39, 0.29) is 11.2 Å². The molecule has 0 spiro atoms. The van der Waals surface area contributed by atoms with Crippen LogP contribution in [0.25, 0.3) is 11.5 Å². The Morgan fingerprint density at radius 1 is 1.28 bits per heavy atom. The van der Waals surface area contributed by atoms with Gasteiger partial charge < -0.3 is 14.2 Å². The summed E-state index contributed by atoms with van der Waals surface area (Å²) in [5.41, 5.74) is 2.69. The van der Waals surface area contributed by atoms with Gasteiger partial charge in [0.1, 0.15) is 5.76 Å². The van der Waals surface area contributed by atoms with Gasteiger partial charge in [0.15, 0.2) is 0 Å². The fourth-order valence-electron chi connectivity index (χ4n) is 2.36. The molecule has 0 aliphatic rings. The molecule has 0 radical (unpaired) electrons. The van der Waals surface area contributed by atoms with Gasteiger partial charge in [0.2, 0.25) is 5.91 Å². The SMILES string of the molecule is CCc1ccccc1NC(=O)[C@@H](C)Sc1nnc(-c2ccoc2C)o1. The van der Waals surface area contributed by atoms with E-state index in [1.54, 1.807) is 12.3 Å². The summed E-state index contributed by atoms with van der Waals surface area (Å²) in [6.45, 7) is 5.69. The molecule has 1 atom stereocenters. The number of hydrogen-bond acceptors (Lipinski definition) is 6. The van der Waals surface area contributed by atoms with E-state index in [0.717, 1.165) is 23.2 Å². The molecule has 1 N–H and O–H groups in total. The van der Waals surface area contributed by atoms with E-state index in [2.05, 4.69) is 22.4 Å². The number of thioether (sulfide) groups is 1. The highest BCUT2D eigenvalue weighted by Crippen LogP contribution is 2.29. The van der Waals surface area contributed by atoms with Crippen molar-refractivity contribution in [3.05, 3.63) is 47.9 Å². The van der Waals surface area contributed by atoms with Gasteiger partial charge in [-0.3, -0.25) is 4.79 Å². The number of anilines is 1. The molecule has 2 heterocycles. The third kappa shape index (κ3) is 3.93. The number of amides is 1. The quantitative estimate of drug-likeness (QED) is 0.662. The van der Waals surface area contributed by atoms with Gasteiger partial charge in [-0.1, -0.05) is 36.9 Å². The number of nitrogens with one attached hydrogen (secondary N) is 1. The Morgan fingerprint density at radius 3 is 2.80 bits per heavy atom. The maximum Gasteiger partial charge on any atom is 0.277 e. The van der Waals surface area contributed by atoms with Crippen molar-refractivity contribution in [3.63, 3.8) is 0 Å². The topological polar surface area (TPSA) is 81.2 Å². The summed E-state index contributed by atoms with van der Waals surface area (Å²) in [5.74, 6) is 0.991. The highest BCUT2D eigenvalue weighted by atomic mass is 32.2. The van der Waals surface area contributed by atoms with E-state index in [9.17, 15) is 4.79 Å². The van der Waals surface area contributed by atoms with Crippen LogP contribution in [0.1, 0.15) is 25.2 Å². The molecule has 0 unspecified atom stereocenters. The molecule has 0 aliphatic heterocycles. The van der Waals surface area contributed by atoms with Crippen LogP contribution in [0.5, 0.6) is 0 Å². The van der Waals surface area contributed by atoms with E-state index >= 15 is 0 Å². The van der Waals surface area contributed by atoms with E-state index < -0.39 is 0 Å². The number of rotatable bonds is 6. The van der Waals surface area contributed by atoms with Crippen LogP contribution in [0.15, 0.2) is 50.7 Å². The third-order valence-corrected chi connectivity index (χ3v) is 4.73. The number of para-hydroxylation sites is 1. The van der Waals surface area contributed by atoms with E-state index in [4.69, 9.17) is 8.83 Å². The average molecular weight is 357 g/mol. The predicted octanol–water partition coefficient (Wildman–Crippen LogP) is 4.32. The normalized spacial score (nSPS) is 12.1. The number of furan rings is 1. The minimum Gasteiger partial charge on any atom is -0.469 e.